The Kier molecular flexibility index (Phi) is 5.06. The van der Waals surface area contributed by atoms with Crippen molar-refractivity contribution in [1.29, 1.82) is 0 Å². The van der Waals surface area contributed by atoms with Crippen molar-refractivity contribution >= 4 is 5.91 Å². The van der Waals surface area contributed by atoms with Crippen LogP contribution in [0.3, 0.4) is 0 Å². The van der Waals surface area contributed by atoms with Crippen LogP contribution in [0.25, 0.3) is 0 Å². The second-order valence-electron chi connectivity index (χ2n) is 5.06. The van der Waals surface area contributed by atoms with Crippen LogP contribution in [-0.2, 0) is 13.0 Å². The Hall–Kier alpha value is -2.20. The topological polar surface area (TPSA) is 55.1 Å². The number of nitrogens with two attached hydrogens (primary N) is 1. The largest absolute Gasteiger partial charge is 0.366 e. The maximum absolute atomic E-state index is 13.0. The van der Waals surface area contributed by atoms with Gasteiger partial charge in [0.2, 0.25) is 5.91 Å². The summed E-state index contributed by atoms with van der Waals surface area (Å²) in [6.45, 7) is 3.36. The van der Waals surface area contributed by atoms with Crippen molar-refractivity contribution in [3.05, 3.63) is 70.5 Å². The van der Waals surface area contributed by atoms with E-state index in [0.29, 0.717) is 12.1 Å². The highest BCUT2D eigenvalue weighted by Gasteiger charge is 2.02. The SMILES string of the molecule is Cc1cc(F)ccc1CCNCc1cccc(C(N)=O)c1. The molecule has 3 nitrogen and oxygen atoms in total. The van der Waals surface area contributed by atoms with Gasteiger partial charge in [0.1, 0.15) is 5.82 Å². The molecule has 4 heteroatoms. The van der Waals surface area contributed by atoms with Crippen molar-refractivity contribution in [2.45, 2.75) is 19.9 Å². The van der Waals surface area contributed by atoms with Gasteiger partial charge in [-0.05, 0) is 60.8 Å². The molecule has 110 valence electrons. The molecular formula is C17H19FN2O. The Balaban J connectivity index is 1.84. The van der Waals surface area contributed by atoms with E-state index in [1.165, 1.54) is 6.07 Å². The third-order valence-corrected chi connectivity index (χ3v) is 3.42. The van der Waals surface area contributed by atoms with Crippen molar-refractivity contribution in [1.82, 2.24) is 5.32 Å². The number of halogens is 1. The molecule has 0 radical (unpaired) electrons. The molecule has 0 fully saturated rings. The summed E-state index contributed by atoms with van der Waals surface area (Å²) >= 11 is 0. The van der Waals surface area contributed by atoms with Gasteiger partial charge in [0.05, 0.1) is 0 Å². The van der Waals surface area contributed by atoms with Crippen molar-refractivity contribution in [3.8, 4) is 0 Å². The molecule has 1 amide bonds. The third-order valence-electron chi connectivity index (χ3n) is 3.42. The fourth-order valence-electron chi connectivity index (χ4n) is 2.23. The van der Waals surface area contributed by atoms with Crippen LogP contribution in [0.15, 0.2) is 42.5 Å². The molecule has 0 saturated carbocycles. The van der Waals surface area contributed by atoms with Gasteiger partial charge >= 0.3 is 0 Å². The van der Waals surface area contributed by atoms with Crippen LogP contribution in [0, 0.1) is 12.7 Å². The van der Waals surface area contributed by atoms with E-state index in [1.807, 2.05) is 25.1 Å². The van der Waals surface area contributed by atoms with Gasteiger partial charge in [-0.3, -0.25) is 4.79 Å². The molecule has 2 aromatic carbocycles. The van der Waals surface area contributed by atoms with Crippen molar-refractivity contribution in [2.75, 3.05) is 6.54 Å². The maximum atomic E-state index is 13.0. The number of carbonyl (C=O) groups is 1. The molecule has 3 N–H and O–H groups in total. The lowest BCUT2D eigenvalue weighted by molar-refractivity contribution is 0.1000. The summed E-state index contributed by atoms with van der Waals surface area (Å²) in [7, 11) is 0. The summed E-state index contributed by atoms with van der Waals surface area (Å²) in [6.07, 6.45) is 0.835. The summed E-state index contributed by atoms with van der Waals surface area (Å²) in [5, 5.41) is 3.31. The van der Waals surface area contributed by atoms with E-state index in [0.717, 1.165) is 29.7 Å². The van der Waals surface area contributed by atoms with E-state index in [9.17, 15) is 9.18 Å². The van der Waals surface area contributed by atoms with Crippen LogP contribution in [0.1, 0.15) is 27.0 Å². The quantitative estimate of drug-likeness (QED) is 0.802. The lowest BCUT2D eigenvalue weighted by Gasteiger charge is -2.08. The van der Waals surface area contributed by atoms with Gasteiger partial charge in [0, 0.05) is 12.1 Å². The van der Waals surface area contributed by atoms with E-state index >= 15 is 0 Å². The molecule has 21 heavy (non-hydrogen) atoms. The Morgan fingerprint density at radius 1 is 1.24 bits per heavy atom. The van der Waals surface area contributed by atoms with Gasteiger partial charge in [-0.2, -0.15) is 0 Å². The Bertz CT molecular complexity index is 640. The lowest BCUT2D eigenvalue weighted by Crippen LogP contribution is -2.18. The summed E-state index contributed by atoms with van der Waals surface area (Å²) in [5.74, 6) is -0.619. The highest BCUT2D eigenvalue weighted by atomic mass is 19.1. The van der Waals surface area contributed by atoms with Gasteiger partial charge in [0.25, 0.3) is 0 Å². The van der Waals surface area contributed by atoms with Gasteiger partial charge in [-0.25, -0.2) is 4.39 Å². The van der Waals surface area contributed by atoms with E-state index in [-0.39, 0.29) is 5.82 Å². The van der Waals surface area contributed by atoms with Crippen molar-refractivity contribution < 1.29 is 9.18 Å². The van der Waals surface area contributed by atoms with E-state index in [2.05, 4.69) is 5.32 Å². The number of rotatable bonds is 6. The smallest absolute Gasteiger partial charge is 0.248 e. The first-order valence-corrected chi connectivity index (χ1v) is 6.91. The first-order valence-electron chi connectivity index (χ1n) is 6.91. The predicted molar refractivity (Wildman–Crippen MR) is 81.5 cm³/mol. The third kappa shape index (κ3) is 4.39. The molecule has 0 aliphatic heterocycles. The van der Waals surface area contributed by atoms with Crippen LogP contribution in [0.2, 0.25) is 0 Å². The Morgan fingerprint density at radius 3 is 2.76 bits per heavy atom. The number of benzene rings is 2. The number of hydrogen-bond acceptors (Lipinski definition) is 2. The van der Waals surface area contributed by atoms with E-state index < -0.39 is 5.91 Å². The highest BCUT2D eigenvalue weighted by molar-refractivity contribution is 5.92. The molecule has 0 bridgehead atoms. The predicted octanol–water partition coefficient (Wildman–Crippen LogP) is 2.57. The molecule has 0 saturated heterocycles. The van der Waals surface area contributed by atoms with Crippen LogP contribution in [0.5, 0.6) is 0 Å². The van der Waals surface area contributed by atoms with Gasteiger partial charge in [-0.15, -0.1) is 0 Å². The molecule has 0 spiro atoms. The number of nitrogens with one attached hydrogen (secondary N) is 1. The molecule has 0 heterocycles. The fraction of sp³-hybridized carbons (Fsp3) is 0.235. The van der Waals surface area contributed by atoms with Crippen LogP contribution in [0.4, 0.5) is 4.39 Å². The summed E-state index contributed by atoms with van der Waals surface area (Å²) in [5.41, 5.74) is 8.88. The number of primary amides is 1. The monoisotopic (exact) mass is 286 g/mol. The summed E-state index contributed by atoms with van der Waals surface area (Å²) in [4.78, 5) is 11.1. The number of amides is 1. The molecule has 2 rings (SSSR count). The minimum absolute atomic E-state index is 0.201. The number of hydrogen-bond donors (Lipinski definition) is 2. The van der Waals surface area contributed by atoms with Crippen LogP contribution < -0.4 is 11.1 Å². The average Bonchev–Trinajstić information content (AvgIpc) is 2.45. The molecule has 0 unspecified atom stereocenters. The number of carbonyl (C=O) groups excluding carboxylic acids is 1. The standard InChI is InChI=1S/C17H19FN2O/c1-12-9-16(18)6-5-14(12)7-8-20-11-13-3-2-4-15(10-13)17(19)21/h2-6,9-10,20H,7-8,11H2,1H3,(H2,19,21). The molecule has 0 aliphatic carbocycles. The van der Waals surface area contributed by atoms with Gasteiger partial charge < -0.3 is 11.1 Å². The zero-order valence-electron chi connectivity index (χ0n) is 12.0. The zero-order chi connectivity index (χ0) is 15.2. The minimum Gasteiger partial charge on any atom is -0.366 e. The lowest BCUT2D eigenvalue weighted by atomic mass is 10.1. The van der Waals surface area contributed by atoms with E-state index in [1.54, 1.807) is 18.2 Å². The van der Waals surface area contributed by atoms with Gasteiger partial charge in [-0.1, -0.05) is 18.2 Å². The Morgan fingerprint density at radius 2 is 2.05 bits per heavy atom. The Labute approximate surface area is 124 Å². The maximum Gasteiger partial charge on any atom is 0.248 e. The first-order chi connectivity index (χ1) is 10.1. The minimum atomic E-state index is -0.418. The number of aryl methyl sites for hydroxylation is 1. The van der Waals surface area contributed by atoms with Crippen LogP contribution >= 0.6 is 0 Å². The molecule has 2 aromatic rings. The molecular weight excluding hydrogens is 267 g/mol. The second-order valence-corrected chi connectivity index (χ2v) is 5.06. The van der Waals surface area contributed by atoms with Crippen molar-refractivity contribution in [3.63, 3.8) is 0 Å². The van der Waals surface area contributed by atoms with Crippen molar-refractivity contribution in [2.24, 2.45) is 5.73 Å². The summed E-state index contributed by atoms with van der Waals surface area (Å²) < 4.78 is 13.0. The molecule has 0 aromatic heterocycles. The zero-order valence-corrected chi connectivity index (χ0v) is 12.0. The van der Waals surface area contributed by atoms with Gasteiger partial charge in [0.15, 0.2) is 0 Å². The normalized spacial score (nSPS) is 10.6. The van der Waals surface area contributed by atoms with E-state index in [4.69, 9.17) is 5.73 Å². The first kappa shape index (κ1) is 15.2. The highest BCUT2D eigenvalue weighted by Crippen LogP contribution is 2.10. The second kappa shape index (κ2) is 6.99. The molecule has 0 atom stereocenters. The van der Waals surface area contributed by atoms with Crippen LogP contribution in [-0.4, -0.2) is 12.5 Å². The fourth-order valence-corrected chi connectivity index (χ4v) is 2.23. The molecule has 0 aliphatic rings. The average molecular weight is 286 g/mol. The summed E-state index contributed by atoms with van der Waals surface area (Å²) in [6, 6.07) is 12.1.